The molecule has 0 heterocycles. The Hall–Kier alpha value is -3.13. The molecule has 0 bridgehead atoms. The Morgan fingerprint density at radius 3 is 2.24 bits per heavy atom. The summed E-state index contributed by atoms with van der Waals surface area (Å²) in [4.78, 5) is 11.7. The second-order valence-electron chi connectivity index (χ2n) is 6.29. The number of benzene rings is 3. The van der Waals surface area contributed by atoms with E-state index in [2.05, 4.69) is 0 Å². The van der Waals surface area contributed by atoms with Crippen LogP contribution < -0.4 is 16.6 Å². The molecular weight excluding hydrogens is 410 g/mol. The Morgan fingerprint density at radius 2 is 1.66 bits per heavy atom. The van der Waals surface area contributed by atoms with Gasteiger partial charge in [-0.05, 0) is 34.9 Å². The first-order valence-electron chi connectivity index (χ1n) is 8.46. The molecule has 0 saturated heterocycles. The SMILES string of the molecule is NC(=O)c1c(N)c(-c2ccccc2)cc(/C=C/c2cccc(Cl)c2)c1S(N)(=O)=O. The lowest BCUT2D eigenvalue weighted by Crippen LogP contribution is -2.23. The molecular formula is C21H18ClN3O3S. The number of hydrogen-bond donors (Lipinski definition) is 3. The number of rotatable bonds is 5. The zero-order valence-corrected chi connectivity index (χ0v) is 16.7. The lowest BCUT2D eigenvalue weighted by Gasteiger charge is -2.16. The number of primary sulfonamides is 1. The quantitative estimate of drug-likeness (QED) is 0.425. The number of sulfonamides is 1. The minimum absolute atomic E-state index is 0.0485. The predicted octanol–water partition coefficient (Wildman–Crippen LogP) is 3.51. The van der Waals surface area contributed by atoms with Crippen LogP contribution in [0.1, 0.15) is 21.5 Å². The summed E-state index contributed by atoms with van der Waals surface area (Å²) in [5.41, 5.74) is 13.3. The van der Waals surface area contributed by atoms with E-state index in [0.717, 1.165) is 5.56 Å². The topological polar surface area (TPSA) is 129 Å². The Bertz CT molecular complexity index is 1220. The zero-order valence-electron chi connectivity index (χ0n) is 15.2. The van der Waals surface area contributed by atoms with Gasteiger partial charge in [0.15, 0.2) is 0 Å². The number of carbonyl (C=O) groups excluding carboxylic acids is 1. The highest BCUT2D eigenvalue weighted by atomic mass is 35.5. The van der Waals surface area contributed by atoms with Crippen molar-refractivity contribution in [1.29, 1.82) is 0 Å². The molecule has 0 aliphatic carbocycles. The van der Waals surface area contributed by atoms with E-state index in [1.807, 2.05) is 6.07 Å². The first kappa shape index (κ1) is 20.6. The summed E-state index contributed by atoms with van der Waals surface area (Å²) in [6.07, 6.45) is 3.19. The van der Waals surface area contributed by atoms with E-state index in [0.29, 0.717) is 16.1 Å². The minimum Gasteiger partial charge on any atom is -0.398 e. The molecule has 6 nitrogen and oxygen atoms in total. The van der Waals surface area contributed by atoms with E-state index in [4.69, 9.17) is 28.2 Å². The molecule has 6 N–H and O–H groups in total. The van der Waals surface area contributed by atoms with Gasteiger partial charge in [-0.15, -0.1) is 0 Å². The minimum atomic E-state index is -4.30. The molecule has 148 valence electrons. The maximum absolute atomic E-state index is 12.3. The summed E-state index contributed by atoms with van der Waals surface area (Å²) in [6.45, 7) is 0. The van der Waals surface area contributed by atoms with E-state index in [1.165, 1.54) is 6.08 Å². The van der Waals surface area contributed by atoms with Gasteiger partial charge < -0.3 is 11.5 Å². The second kappa shape index (κ2) is 8.08. The Morgan fingerprint density at radius 1 is 0.966 bits per heavy atom. The molecule has 0 unspecified atom stereocenters. The van der Waals surface area contributed by atoms with Crippen molar-refractivity contribution in [2.75, 3.05) is 5.73 Å². The molecule has 0 fully saturated rings. The van der Waals surface area contributed by atoms with E-state index < -0.39 is 20.8 Å². The molecule has 0 saturated carbocycles. The average Bonchev–Trinajstić information content (AvgIpc) is 2.66. The van der Waals surface area contributed by atoms with Gasteiger partial charge in [-0.1, -0.05) is 66.2 Å². The van der Waals surface area contributed by atoms with Crippen LogP contribution >= 0.6 is 11.6 Å². The molecule has 3 aromatic rings. The normalized spacial score (nSPS) is 11.7. The van der Waals surface area contributed by atoms with Gasteiger partial charge in [-0.25, -0.2) is 13.6 Å². The highest BCUT2D eigenvalue weighted by molar-refractivity contribution is 7.89. The summed E-state index contributed by atoms with van der Waals surface area (Å²) in [5, 5.41) is 5.93. The molecule has 29 heavy (non-hydrogen) atoms. The highest BCUT2D eigenvalue weighted by Crippen LogP contribution is 2.36. The number of nitrogen functional groups attached to an aromatic ring is 1. The zero-order chi connectivity index (χ0) is 21.2. The summed E-state index contributed by atoms with van der Waals surface area (Å²) in [7, 11) is -4.30. The summed E-state index contributed by atoms with van der Waals surface area (Å²) >= 11 is 6.00. The van der Waals surface area contributed by atoms with Crippen LogP contribution in [-0.2, 0) is 10.0 Å². The number of halogens is 1. The molecule has 0 atom stereocenters. The van der Waals surface area contributed by atoms with Crippen LogP contribution in [-0.4, -0.2) is 14.3 Å². The monoisotopic (exact) mass is 427 g/mol. The average molecular weight is 428 g/mol. The van der Waals surface area contributed by atoms with Gasteiger partial charge in [-0.3, -0.25) is 4.79 Å². The van der Waals surface area contributed by atoms with Crippen LogP contribution in [0.5, 0.6) is 0 Å². The van der Waals surface area contributed by atoms with Gasteiger partial charge in [-0.2, -0.15) is 0 Å². The van der Waals surface area contributed by atoms with Crippen molar-refractivity contribution in [3.63, 3.8) is 0 Å². The number of carbonyl (C=O) groups is 1. The van der Waals surface area contributed by atoms with Crippen molar-refractivity contribution >= 4 is 45.4 Å². The first-order chi connectivity index (χ1) is 13.7. The number of anilines is 1. The van der Waals surface area contributed by atoms with Crippen molar-refractivity contribution in [2.45, 2.75) is 4.90 Å². The highest BCUT2D eigenvalue weighted by Gasteiger charge is 2.26. The Balaban J connectivity index is 2.33. The van der Waals surface area contributed by atoms with Gasteiger partial charge >= 0.3 is 0 Å². The molecule has 8 heteroatoms. The van der Waals surface area contributed by atoms with Crippen molar-refractivity contribution in [2.24, 2.45) is 10.9 Å². The molecule has 0 aromatic heterocycles. The standard InChI is InChI=1S/C21H18ClN3O3S/c22-16-8-4-5-13(11-16)9-10-15-12-17(14-6-2-1-3-7-14)19(23)18(21(24)26)20(15)29(25,27)28/h1-12H,23H2,(H2,24,26)(H2,25,27,28)/b10-9+. The molecule has 1 amide bonds. The van der Waals surface area contributed by atoms with E-state index >= 15 is 0 Å². The lowest BCUT2D eigenvalue weighted by atomic mass is 9.96. The lowest BCUT2D eigenvalue weighted by molar-refractivity contribution is 0.0998. The van der Waals surface area contributed by atoms with Crippen molar-refractivity contribution in [3.8, 4) is 11.1 Å². The molecule has 3 rings (SSSR count). The van der Waals surface area contributed by atoms with Gasteiger partial charge in [0.05, 0.1) is 11.3 Å². The molecule has 0 aliphatic heterocycles. The second-order valence-corrected chi connectivity index (χ2v) is 8.23. The van der Waals surface area contributed by atoms with Crippen LogP contribution in [0.15, 0.2) is 65.6 Å². The van der Waals surface area contributed by atoms with Crippen LogP contribution in [0, 0.1) is 0 Å². The van der Waals surface area contributed by atoms with Crippen LogP contribution in [0.2, 0.25) is 5.02 Å². The third-order valence-corrected chi connectivity index (χ3v) is 5.51. The fourth-order valence-electron chi connectivity index (χ4n) is 3.03. The number of nitrogens with two attached hydrogens (primary N) is 3. The molecule has 0 radical (unpaired) electrons. The van der Waals surface area contributed by atoms with Crippen LogP contribution in [0.25, 0.3) is 23.3 Å². The van der Waals surface area contributed by atoms with Gasteiger partial charge in [0.2, 0.25) is 10.0 Å². The fraction of sp³-hybridized carbons (Fsp3) is 0. The summed E-state index contributed by atoms with van der Waals surface area (Å²) in [5.74, 6) is -0.985. The van der Waals surface area contributed by atoms with Crippen LogP contribution in [0.3, 0.4) is 0 Å². The van der Waals surface area contributed by atoms with Crippen molar-refractivity contribution in [1.82, 2.24) is 0 Å². The van der Waals surface area contributed by atoms with Crippen molar-refractivity contribution < 1.29 is 13.2 Å². The molecule has 3 aromatic carbocycles. The summed E-state index contributed by atoms with van der Waals surface area (Å²) in [6, 6.07) is 17.6. The van der Waals surface area contributed by atoms with E-state index in [9.17, 15) is 13.2 Å². The van der Waals surface area contributed by atoms with E-state index in [1.54, 1.807) is 60.7 Å². The maximum Gasteiger partial charge on any atom is 0.252 e. The predicted molar refractivity (Wildman–Crippen MR) is 117 cm³/mol. The smallest absolute Gasteiger partial charge is 0.252 e. The van der Waals surface area contributed by atoms with Gasteiger partial charge in [0, 0.05) is 10.6 Å². The first-order valence-corrected chi connectivity index (χ1v) is 10.4. The summed E-state index contributed by atoms with van der Waals surface area (Å²) < 4.78 is 24.6. The van der Waals surface area contributed by atoms with Gasteiger partial charge in [0.1, 0.15) is 4.90 Å². The number of amides is 1. The molecule has 0 spiro atoms. The number of hydrogen-bond acceptors (Lipinski definition) is 4. The molecule has 0 aliphatic rings. The fourth-order valence-corrected chi connectivity index (χ4v) is 4.18. The largest absolute Gasteiger partial charge is 0.398 e. The third kappa shape index (κ3) is 4.48. The maximum atomic E-state index is 12.3. The number of primary amides is 1. The van der Waals surface area contributed by atoms with Crippen molar-refractivity contribution in [3.05, 3.63) is 82.4 Å². The van der Waals surface area contributed by atoms with E-state index in [-0.39, 0.29) is 16.8 Å². The van der Waals surface area contributed by atoms with Gasteiger partial charge in [0.25, 0.3) is 5.91 Å². The Labute approximate surface area is 173 Å². The Kier molecular flexibility index (Phi) is 5.74. The third-order valence-electron chi connectivity index (χ3n) is 4.27. The van der Waals surface area contributed by atoms with Crippen LogP contribution in [0.4, 0.5) is 5.69 Å².